The van der Waals surface area contributed by atoms with Gasteiger partial charge in [0.15, 0.2) is 6.29 Å². The van der Waals surface area contributed by atoms with Gasteiger partial charge in [-0.05, 0) is 52.5 Å². The lowest BCUT2D eigenvalue weighted by molar-refractivity contribution is -0.436. The van der Waals surface area contributed by atoms with E-state index in [1.165, 1.54) is 0 Å². The van der Waals surface area contributed by atoms with E-state index >= 15 is 0 Å². The Kier molecular flexibility index (Phi) is 12.6. The lowest BCUT2D eigenvalue weighted by Gasteiger charge is -2.38. The van der Waals surface area contributed by atoms with Gasteiger partial charge in [-0.3, -0.25) is 4.74 Å². The Morgan fingerprint density at radius 1 is 0.969 bits per heavy atom. The van der Waals surface area contributed by atoms with E-state index in [1.54, 1.807) is 13.8 Å². The van der Waals surface area contributed by atoms with Crippen molar-refractivity contribution in [3.05, 3.63) is 36.5 Å². The molecule has 0 aliphatic carbocycles. The molecule has 0 bridgehead atoms. The van der Waals surface area contributed by atoms with Gasteiger partial charge in [0.2, 0.25) is 0 Å². The zero-order chi connectivity index (χ0) is 24.2. The molecule has 2 unspecified atom stereocenters. The largest absolute Gasteiger partial charge is 0.698 e. The highest BCUT2D eigenvalue weighted by molar-refractivity contribution is 6.61. The highest BCUT2D eigenvalue weighted by Gasteiger charge is 2.48. The topological polar surface area (TPSA) is 64.6 Å². The van der Waals surface area contributed by atoms with Crippen LogP contribution in [0.4, 0.5) is 0 Å². The van der Waals surface area contributed by atoms with Crippen LogP contribution in [0.25, 0.3) is 0 Å². The molecule has 1 rings (SSSR count). The van der Waals surface area contributed by atoms with Gasteiger partial charge in [0.05, 0.1) is 42.6 Å². The van der Waals surface area contributed by atoms with Crippen LogP contribution < -0.4 is 0 Å². The van der Waals surface area contributed by atoms with E-state index in [9.17, 15) is 0 Å². The second kappa shape index (κ2) is 14.1. The molecular formula is C24H44O7Si. The minimum Gasteiger partial charge on any atom is -0.488 e. The van der Waals surface area contributed by atoms with Crippen molar-refractivity contribution in [1.29, 1.82) is 0 Å². The van der Waals surface area contributed by atoms with Crippen LogP contribution in [0.1, 0.15) is 80.6 Å². The van der Waals surface area contributed by atoms with Gasteiger partial charge < -0.3 is 27.5 Å². The fourth-order valence-corrected chi connectivity index (χ4v) is 6.03. The zero-order valence-corrected chi connectivity index (χ0v) is 22.2. The van der Waals surface area contributed by atoms with Crippen LogP contribution in [0.15, 0.2) is 36.5 Å². The van der Waals surface area contributed by atoms with E-state index in [-0.39, 0.29) is 6.10 Å². The Hall–Kier alpha value is -1.32. The van der Waals surface area contributed by atoms with Crippen molar-refractivity contribution in [3.8, 4) is 0 Å². The summed E-state index contributed by atoms with van der Waals surface area (Å²) in [6.07, 6.45) is 4.94. The molecule has 1 heterocycles. The van der Waals surface area contributed by atoms with E-state index in [4.69, 9.17) is 32.2 Å². The molecule has 0 amide bonds. The molecule has 186 valence electrons. The average Bonchev–Trinajstić information content (AvgIpc) is 2.72. The molecule has 0 saturated carbocycles. The summed E-state index contributed by atoms with van der Waals surface area (Å²) < 4.78 is 42.3. The Morgan fingerprint density at radius 3 is 2.00 bits per heavy atom. The van der Waals surface area contributed by atoms with Crippen molar-refractivity contribution < 1.29 is 32.2 Å². The lowest BCUT2D eigenvalue weighted by atomic mass is 10.2. The fraction of sp³-hybridized carbons (Fsp3) is 0.750. The maximum absolute atomic E-state index is 6.30. The summed E-state index contributed by atoms with van der Waals surface area (Å²) >= 11 is 0. The predicted octanol–water partition coefficient (Wildman–Crippen LogP) is 6.40. The highest BCUT2D eigenvalue weighted by atomic mass is 28.4. The third-order valence-corrected chi connectivity index (χ3v) is 7.76. The SMILES string of the molecule is C=C(C)O[Si](CCC)(OC(=C)C)O/C(C)=C/C(CC)OC(CC)OC1(CC)OCCCO1. The first kappa shape index (κ1) is 28.7. The van der Waals surface area contributed by atoms with E-state index < -0.39 is 21.1 Å². The zero-order valence-electron chi connectivity index (χ0n) is 21.2. The molecule has 0 aromatic carbocycles. The van der Waals surface area contributed by atoms with Crippen molar-refractivity contribution in [2.24, 2.45) is 0 Å². The number of hydrogen-bond acceptors (Lipinski definition) is 7. The summed E-state index contributed by atoms with van der Waals surface area (Å²) in [6.45, 7) is 22.6. The second-order valence-electron chi connectivity index (χ2n) is 8.05. The summed E-state index contributed by atoms with van der Waals surface area (Å²) in [7, 11) is -3.06. The van der Waals surface area contributed by atoms with E-state index in [0.29, 0.717) is 49.4 Å². The Labute approximate surface area is 196 Å². The molecule has 1 aliphatic heterocycles. The Bertz CT molecular complexity index is 597. The maximum Gasteiger partial charge on any atom is 0.698 e. The molecule has 32 heavy (non-hydrogen) atoms. The van der Waals surface area contributed by atoms with Gasteiger partial charge in [0.1, 0.15) is 0 Å². The Morgan fingerprint density at radius 2 is 1.56 bits per heavy atom. The van der Waals surface area contributed by atoms with Crippen molar-refractivity contribution in [2.45, 2.75) is 105 Å². The Balaban J connectivity index is 2.94. The molecule has 0 radical (unpaired) electrons. The lowest BCUT2D eigenvalue weighted by Crippen LogP contribution is -2.46. The van der Waals surface area contributed by atoms with Gasteiger partial charge in [0, 0.05) is 6.42 Å². The fourth-order valence-electron chi connectivity index (χ4n) is 3.36. The van der Waals surface area contributed by atoms with E-state index in [1.807, 2.05) is 26.8 Å². The van der Waals surface area contributed by atoms with Gasteiger partial charge >= 0.3 is 8.80 Å². The number of rotatable bonds is 16. The van der Waals surface area contributed by atoms with Crippen LogP contribution >= 0.6 is 0 Å². The molecule has 0 aromatic heterocycles. The molecule has 1 fully saturated rings. The third kappa shape index (κ3) is 9.66. The predicted molar refractivity (Wildman–Crippen MR) is 127 cm³/mol. The average molecular weight is 473 g/mol. The molecular weight excluding hydrogens is 428 g/mol. The monoisotopic (exact) mass is 472 g/mol. The standard InChI is InChI=1S/C24H44O7Si/c1-10-17-32(29-19(5)6,30-20(7)8)31-21(9)18-22(11-2)27-23(12-3)28-24(13-4)25-15-14-16-26-24/h18,22-23H,5,7,10-17H2,1-4,6,8-9H3/b21-18+. The van der Waals surface area contributed by atoms with Crippen LogP contribution in [-0.2, 0) is 32.2 Å². The molecule has 1 aliphatic rings. The molecule has 0 aromatic rings. The minimum absolute atomic E-state index is 0.222. The number of hydrogen-bond donors (Lipinski definition) is 0. The third-order valence-electron chi connectivity index (χ3n) is 4.69. The smallest absolute Gasteiger partial charge is 0.488 e. The van der Waals surface area contributed by atoms with Gasteiger partial charge in [-0.15, -0.1) is 0 Å². The molecule has 0 N–H and O–H groups in total. The van der Waals surface area contributed by atoms with Crippen molar-refractivity contribution in [2.75, 3.05) is 13.2 Å². The van der Waals surface area contributed by atoms with Crippen LogP contribution in [-0.4, -0.2) is 40.4 Å². The van der Waals surface area contributed by atoms with Crippen LogP contribution in [0.3, 0.4) is 0 Å². The maximum atomic E-state index is 6.30. The van der Waals surface area contributed by atoms with Gasteiger partial charge in [-0.1, -0.05) is 40.9 Å². The van der Waals surface area contributed by atoms with Crippen molar-refractivity contribution in [3.63, 3.8) is 0 Å². The van der Waals surface area contributed by atoms with Crippen LogP contribution in [0.2, 0.25) is 6.04 Å². The van der Waals surface area contributed by atoms with Gasteiger partial charge in [-0.25, -0.2) is 0 Å². The second-order valence-corrected chi connectivity index (χ2v) is 10.5. The summed E-state index contributed by atoms with van der Waals surface area (Å²) in [4.78, 5) is 0. The molecule has 0 spiro atoms. The summed E-state index contributed by atoms with van der Waals surface area (Å²) in [5.74, 6) is 0.739. The highest BCUT2D eigenvalue weighted by Crippen LogP contribution is 2.29. The first-order chi connectivity index (χ1) is 15.1. The molecule has 2 atom stereocenters. The van der Waals surface area contributed by atoms with Crippen molar-refractivity contribution in [1.82, 2.24) is 0 Å². The summed E-state index contributed by atoms with van der Waals surface area (Å²) in [5, 5.41) is 0. The first-order valence-corrected chi connectivity index (χ1v) is 13.7. The van der Waals surface area contributed by atoms with Crippen LogP contribution in [0.5, 0.6) is 0 Å². The van der Waals surface area contributed by atoms with Crippen molar-refractivity contribution >= 4 is 8.80 Å². The number of ether oxygens (including phenoxy) is 4. The molecule has 7 nitrogen and oxygen atoms in total. The van der Waals surface area contributed by atoms with Gasteiger partial charge in [0.25, 0.3) is 5.97 Å². The van der Waals surface area contributed by atoms with Crippen LogP contribution in [0, 0.1) is 0 Å². The number of allylic oxidation sites excluding steroid dienone is 3. The minimum atomic E-state index is -3.06. The normalized spacial score (nSPS) is 18.5. The van der Waals surface area contributed by atoms with E-state index in [2.05, 4.69) is 27.0 Å². The van der Waals surface area contributed by atoms with E-state index in [0.717, 1.165) is 19.3 Å². The van der Waals surface area contributed by atoms with Gasteiger partial charge in [-0.2, -0.15) is 0 Å². The quantitative estimate of drug-likeness (QED) is 0.146. The molecule has 1 saturated heterocycles. The molecule has 8 heteroatoms. The first-order valence-electron chi connectivity index (χ1n) is 11.8. The summed E-state index contributed by atoms with van der Waals surface area (Å²) in [6, 6.07) is 0.643. The summed E-state index contributed by atoms with van der Waals surface area (Å²) in [5.41, 5.74) is 0.